The first-order chi connectivity index (χ1) is 24.7. The lowest BCUT2D eigenvalue weighted by Gasteiger charge is -2.31. The van der Waals surface area contributed by atoms with Crippen LogP contribution in [0.4, 0.5) is 0 Å². The molecule has 0 amide bonds. The van der Waals surface area contributed by atoms with Crippen molar-refractivity contribution in [3.63, 3.8) is 0 Å². The molecule has 0 aliphatic heterocycles. The molecule has 0 N–H and O–H groups in total. The summed E-state index contributed by atoms with van der Waals surface area (Å²) in [6, 6.07) is 32.9. The molecular formula is C49H62OP2. The quantitative estimate of drug-likeness (QED) is 0.116. The van der Waals surface area contributed by atoms with E-state index >= 15 is 0 Å². The van der Waals surface area contributed by atoms with Gasteiger partial charge in [0, 0.05) is 5.56 Å². The van der Waals surface area contributed by atoms with Gasteiger partial charge in [-0.1, -0.05) is 162 Å². The van der Waals surface area contributed by atoms with E-state index in [9.17, 15) is 0 Å². The molecule has 0 saturated heterocycles. The van der Waals surface area contributed by atoms with Crippen molar-refractivity contribution in [1.29, 1.82) is 0 Å². The maximum absolute atomic E-state index is 6.09. The van der Waals surface area contributed by atoms with Crippen LogP contribution in [0, 0.1) is 6.92 Å². The second kappa shape index (κ2) is 16.8. The van der Waals surface area contributed by atoms with Gasteiger partial charge in [0.05, 0.1) is 7.11 Å². The number of aryl methyl sites for hydroxylation is 1. The van der Waals surface area contributed by atoms with Crippen LogP contribution in [0.25, 0.3) is 33.4 Å². The predicted molar refractivity (Wildman–Crippen MR) is 237 cm³/mol. The first-order valence-electron chi connectivity index (χ1n) is 19.3. The Bertz CT molecular complexity index is 1950. The standard InChI is InChI=1S/C49H62OP2/c1-29(2)35-27-41(32(7)8)47(42(28-35)33(9)10)38-21-17-20-37(46-39(30(3)4)25-34(11)26-40(46)31(5)6)49(38)52(14)45-24-16-15-19-36(45)48-43(50-12)22-18-23-44(48)51-13/h15-33,51H,1-14H3. The van der Waals surface area contributed by atoms with E-state index in [1.807, 2.05) is 7.11 Å². The smallest absolute Gasteiger partial charge is 0.127 e. The molecule has 3 heteroatoms. The van der Waals surface area contributed by atoms with E-state index in [2.05, 4.69) is 174 Å². The van der Waals surface area contributed by atoms with Crippen LogP contribution in [-0.4, -0.2) is 20.4 Å². The third-order valence-electron chi connectivity index (χ3n) is 10.7. The van der Waals surface area contributed by atoms with Crippen molar-refractivity contribution in [3.8, 4) is 39.1 Å². The lowest BCUT2D eigenvalue weighted by atomic mass is 9.80. The van der Waals surface area contributed by atoms with Crippen LogP contribution in [0.1, 0.15) is 132 Å². The zero-order valence-corrected chi connectivity index (χ0v) is 36.2. The number of hydrogen-bond acceptors (Lipinski definition) is 1. The SMILES string of the molecule is COc1cccc(PC)c1-c1ccccc1P(C)c1c(-c2c(C(C)C)cc(C)cc2C(C)C)cccc1-c1c(C(C)C)cc(C(C)C)cc1C(C)C. The molecule has 0 saturated carbocycles. The molecule has 0 aliphatic carbocycles. The number of benzene rings is 5. The Hall–Kier alpha value is -3.24. The molecule has 5 aromatic carbocycles. The van der Waals surface area contributed by atoms with Gasteiger partial charge < -0.3 is 4.74 Å². The van der Waals surface area contributed by atoms with E-state index in [1.54, 1.807) is 0 Å². The number of hydrogen-bond donors (Lipinski definition) is 0. The highest BCUT2D eigenvalue weighted by atomic mass is 31.1. The second-order valence-corrected chi connectivity index (χ2v) is 19.2. The van der Waals surface area contributed by atoms with E-state index in [1.165, 1.54) is 82.7 Å². The largest absolute Gasteiger partial charge is 0.496 e. The number of methoxy groups -OCH3 is 1. The molecule has 0 spiro atoms. The molecule has 52 heavy (non-hydrogen) atoms. The van der Waals surface area contributed by atoms with Crippen molar-refractivity contribution in [2.24, 2.45) is 0 Å². The molecule has 0 aromatic heterocycles. The Labute approximate surface area is 319 Å². The summed E-state index contributed by atoms with van der Waals surface area (Å²) >= 11 is 0. The van der Waals surface area contributed by atoms with Crippen LogP contribution < -0.4 is 20.7 Å². The van der Waals surface area contributed by atoms with Crippen molar-refractivity contribution in [1.82, 2.24) is 0 Å². The van der Waals surface area contributed by atoms with Crippen LogP contribution >= 0.6 is 16.5 Å². The fraction of sp³-hybridized carbons (Fsp3) is 0.388. The summed E-state index contributed by atoms with van der Waals surface area (Å²) in [6.45, 7) is 30.7. The van der Waals surface area contributed by atoms with Crippen LogP contribution in [0.3, 0.4) is 0 Å². The Morgan fingerprint density at radius 3 is 1.46 bits per heavy atom. The summed E-state index contributed by atoms with van der Waals surface area (Å²) in [5.41, 5.74) is 16.8. The highest BCUT2D eigenvalue weighted by molar-refractivity contribution is 7.73. The van der Waals surface area contributed by atoms with Crippen LogP contribution in [0.15, 0.2) is 84.9 Å². The molecule has 2 atom stereocenters. The molecule has 0 bridgehead atoms. The van der Waals surface area contributed by atoms with Gasteiger partial charge >= 0.3 is 0 Å². The summed E-state index contributed by atoms with van der Waals surface area (Å²) in [7, 11) is 1.63. The maximum atomic E-state index is 6.09. The summed E-state index contributed by atoms with van der Waals surface area (Å²) in [6.07, 6.45) is 0. The highest BCUT2D eigenvalue weighted by Crippen LogP contribution is 2.48. The minimum absolute atomic E-state index is 0.386. The molecule has 1 nitrogen and oxygen atoms in total. The Morgan fingerprint density at radius 2 is 1.00 bits per heavy atom. The fourth-order valence-corrected chi connectivity index (χ4v) is 10.9. The normalized spacial score (nSPS) is 12.8. The van der Waals surface area contributed by atoms with Gasteiger partial charge in [-0.15, -0.1) is 0 Å². The van der Waals surface area contributed by atoms with E-state index in [4.69, 9.17) is 4.74 Å². The lowest BCUT2D eigenvalue weighted by Crippen LogP contribution is -2.21. The number of rotatable bonds is 12. The highest BCUT2D eigenvalue weighted by Gasteiger charge is 2.29. The maximum Gasteiger partial charge on any atom is 0.127 e. The monoisotopic (exact) mass is 728 g/mol. The predicted octanol–water partition coefficient (Wildman–Crippen LogP) is 13.6. The molecule has 0 heterocycles. The van der Waals surface area contributed by atoms with Gasteiger partial charge in [-0.3, -0.25) is 0 Å². The van der Waals surface area contributed by atoms with Gasteiger partial charge in [0.25, 0.3) is 0 Å². The van der Waals surface area contributed by atoms with Crippen LogP contribution in [0.5, 0.6) is 5.75 Å². The van der Waals surface area contributed by atoms with E-state index in [0.29, 0.717) is 38.2 Å². The molecule has 0 fully saturated rings. The Morgan fingerprint density at radius 1 is 0.538 bits per heavy atom. The van der Waals surface area contributed by atoms with Gasteiger partial charge in [-0.05, 0) is 135 Å². The first-order valence-corrected chi connectivity index (χ1v) is 22.6. The van der Waals surface area contributed by atoms with E-state index in [0.717, 1.165) is 5.75 Å². The van der Waals surface area contributed by atoms with Crippen molar-refractivity contribution in [2.75, 3.05) is 20.4 Å². The first kappa shape index (κ1) is 40.0. The number of ether oxygens (including phenoxy) is 1. The lowest BCUT2D eigenvalue weighted by molar-refractivity contribution is 0.417. The second-order valence-electron chi connectivity index (χ2n) is 16.1. The zero-order valence-electron chi connectivity index (χ0n) is 34.3. The summed E-state index contributed by atoms with van der Waals surface area (Å²) in [5, 5.41) is 4.23. The minimum atomic E-state index is -0.846. The van der Waals surface area contributed by atoms with Crippen LogP contribution in [0.2, 0.25) is 0 Å². The van der Waals surface area contributed by atoms with Crippen molar-refractivity contribution in [2.45, 2.75) is 106 Å². The summed E-state index contributed by atoms with van der Waals surface area (Å²) < 4.78 is 6.09. The molecule has 2 unspecified atom stereocenters. The average Bonchev–Trinajstić information content (AvgIpc) is 3.12. The van der Waals surface area contributed by atoms with Gasteiger partial charge in [0.2, 0.25) is 0 Å². The topological polar surface area (TPSA) is 9.23 Å². The average molecular weight is 729 g/mol. The van der Waals surface area contributed by atoms with Crippen molar-refractivity contribution >= 4 is 32.4 Å². The summed E-state index contributed by atoms with van der Waals surface area (Å²) in [4.78, 5) is 0. The minimum Gasteiger partial charge on any atom is -0.496 e. The molecule has 0 radical (unpaired) electrons. The third kappa shape index (κ3) is 7.84. The molecule has 5 aromatic rings. The summed E-state index contributed by atoms with van der Waals surface area (Å²) in [5.74, 6) is 2.97. The van der Waals surface area contributed by atoms with Crippen LogP contribution in [-0.2, 0) is 0 Å². The van der Waals surface area contributed by atoms with E-state index < -0.39 is 7.92 Å². The third-order valence-corrected chi connectivity index (χ3v) is 13.9. The van der Waals surface area contributed by atoms with Gasteiger partial charge in [-0.2, -0.15) is 0 Å². The molecule has 0 aliphatic rings. The molecular weight excluding hydrogens is 666 g/mol. The van der Waals surface area contributed by atoms with Crippen molar-refractivity contribution < 1.29 is 4.74 Å². The van der Waals surface area contributed by atoms with Crippen molar-refractivity contribution in [3.05, 3.63) is 118 Å². The van der Waals surface area contributed by atoms with Gasteiger partial charge in [-0.25, -0.2) is 0 Å². The molecule has 5 rings (SSSR count). The fourth-order valence-electron chi connectivity index (χ4n) is 7.93. The zero-order chi connectivity index (χ0) is 38.0. The van der Waals surface area contributed by atoms with Gasteiger partial charge in [0.15, 0.2) is 0 Å². The van der Waals surface area contributed by atoms with Gasteiger partial charge in [0.1, 0.15) is 5.75 Å². The Balaban J connectivity index is 2.00. The van der Waals surface area contributed by atoms with E-state index in [-0.39, 0.29) is 0 Å². The Kier molecular flexibility index (Phi) is 12.9. The molecule has 274 valence electrons.